The standard InChI is InChI=1S/C15H25NO3/c1-5-18-13-8-6-7-12(11-16)14(13)19-10-9-15(2,3)17-4/h6-8H,5,9-11,16H2,1-4H3. The summed E-state index contributed by atoms with van der Waals surface area (Å²) in [6, 6.07) is 5.79. The van der Waals surface area contributed by atoms with E-state index < -0.39 is 0 Å². The molecule has 0 saturated heterocycles. The van der Waals surface area contributed by atoms with Gasteiger partial charge in [0.2, 0.25) is 0 Å². The summed E-state index contributed by atoms with van der Waals surface area (Å²) in [5.74, 6) is 1.50. The summed E-state index contributed by atoms with van der Waals surface area (Å²) in [6.07, 6.45) is 0.800. The quantitative estimate of drug-likeness (QED) is 0.787. The van der Waals surface area contributed by atoms with Crippen LogP contribution in [0.1, 0.15) is 32.8 Å². The van der Waals surface area contributed by atoms with Crippen LogP contribution in [0, 0.1) is 0 Å². The van der Waals surface area contributed by atoms with E-state index in [1.807, 2.05) is 39.0 Å². The third-order valence-electron chi connectivity index (χ3n) is 3.08. The number of nitrogens with two attached hydrogens (primary N) is 1. The summed E-state index contributed by atoms with van der Waals surface area (Å²) < 4.78 is 16.8. The van der Waals surface area contributed by atoms with Crippen molar-refractivity contribution in [2.24, 2.45) is 5.73 Å². The van der Waals surface area contributed by atoms with E-state index in [2.05, 4.69) is 0 Å². The van der Waals surface area contributed by atoms with Crippen molar-refractivity contribution < 1.29 is 14.2 Å². The Balaban J connectivity index is 2.75. The monoisotopic (exact) mass is 267 g/mol. The molecule has 0 atom stereocenters. The van der Waals surface area contributed by atoms with Gasteiger partial charge >= 0.3 is 0 Å². The highest BCUT2D eigenvalue weighted by atomic mass is 16.5. The summed E-state index contributed by atoms with van der Waals surface area (Å²) in [6.45, 7) is 7.63. The number of rotatable bonds is 8. The summed E-state index contributed by atoms with van der Waals surface area (Å²) in [7, 11) is 1.71. The number of ether oxygens (including phenoxy) is 3. The van der Waals surface area contributed by atoms with Gasteiger partial charge in [0.05, 0.1) is 18.8 Å². The fourth-order valence-corrected chi connectivity index (χ4v) is 1.66. The second-order valence-corrected chi connectivity index (χ2v) is 4.94. The van der Waals surface area contributed by atoms with Crippen LogP contribution in [-0.4, -0.2) is 25.9 Å². The molecule has 1 rings (SSSR count). The van der Waals surface area contributed by atoms with Crippen molar-refractivity contribution in [1.82, 2.24) is 0 Å². The lowest BCUT2D eigenvalue weighted by Crippen LogP contribution is -2.25. The molecule has 1 aromatic carbocycles. The molecular formula is C15H25NO3. The molecule has 0 aliphatic rings. The predicted octanol–water partition coefficient (Wildman–Crippen LogP) is 2.74. The highest BCUT2D eigenvalue weighted by molar-refractivity contribution is 5.46. The van der Waals surface area contributed by atoms with Gasteiger partial charge in [-0.15, -0.1) is 0 Å². The van der Waals surface area contributed by atoms with E-state index in [0.717, 1.165) is 23.5 Å². The van der Waals surface area contributed by atoms with Crippen molar-refractivity contribution >= 4 is 0 Å². The van der Waals surface area contributed by atoms with Crippen LogP contribution in [0.2, 0.25) is 0 Å². The summed E-state index contributed by atoms with van der Waals surface area (Å²) in [4.78, 5) is 0. The fraction of sp³-hybridized carbons (Fsp3) is 0.600. The number of methoxy groups -OCH3 is 1. The van der Waals surface area contributed by atoms with Crippen LogP contribution >= 0.6 is 0 Å². The maximum Gasteiger partial charge on any atom is 0.165 e. The molecule has 0 heterocycles. The molecule has 0 aliphatic heterocycles. The highest BCUT2D eigenvalue weighted by Crippen LogP contribution is 2.31. The first-order valence-electron chi connectivity index (χ1n) is 6.66. The van der Waals surface area contributed by atoms with Gasteiger partial charge in [0.15, 0.2) is 11.5 Å². The smallest absolute Gasteiger partial charge is 0.165 e. The van der Waals surface area contributed by atoms with Gasteiger partial charge in [-0.2, -0.15) is 0 Å². The second kappa shape index (κ2) is 7.36. The molecule has 1 aromatic rings. The number of hydrogen-bond acceptors (Lipinski definition) is 4. The zero-order valence-corrected chi connectivity index (χ0v) is 12.4. The van der Waals surface area contributed by atoms with Crippen molar-refractivity contribution in [3.63, 3.8) is 0 Å². The van der Waals surface area contributed by atoms with Gasteiger partial charge in [-0.3, -0.25) is 0 Å². The van der Waals surface area contributed by atoms with Gasteiger partial charge in [0.1, 0.15) is 0 Å². The van der Waals surface area contributed by atoms with E-state index in [0.29, 0.717) is 19.8 Å². The maximum atomic E-state index is 5.86. The maximum absolute atomic E-state index is 5.86. The minimum atomic E-state index is -0.191. The molecule has 0 amide bonds. The lowest BCUT2D eigenvalue weighted by molar-refractivity contribution is 0.00513. The molecule has 0 radical (unpaired) electrons. The Labute approximate surface area is 115 Å². The lowest BCUT2D eigenvalue weighted by Gasteiger charge is -2.23. The van der Waals surface area contributed by atoms with E-state index in [-0.39, 0.29) is 5.60 Å². The summed E-state index contributed by atoms with van der Waals surface area (Å²) in [5, 5.41) is 0. The first-order chi connectivity index (χ1) is 9.04. The summed E-state index contributed by atoms with van der Waals surface area (Å²) in [5.41, 5.74) is 6.51. The Hall–Kier alpha value is -1.26. The van der Waals surface area contributed by atoms with E-state index in [1.54, 1.807) is 7.11 Å². The molecule has 0 spiro atoms. The van der Waals surface area contributed by atoms with Crippen LogP contribution in [0.3, 0.4) is 0 Å². The Kier molecular flexibility index (Phi) is 6.12. The van der Waals surface area contributed by atoms with Crippen molar-refractivity contribution in [2.75, 3.05) is 20.3 Å². The van der Waals surface area contributed by atoms with Gasteiger partial charge in [0.25, 0.3) is 0 Å². The van der Waals surface area contributed by atoms with Gasteiger partial charge in [-0.25, -0.2) is 0 Å². The Morgan fingerprint density at radius 2 is 1.95 bits per heavy atom. The summed E-state index contributed by atoms with van der Waals surface area (Å²) >= 11 is 0. The van der Waals surface area contributed by atoms with E-state index >= 15 is 0 Å². The van der Waals surface area contributed by atoms with Crippen LogP contribution in [0.4, 0.5) is 0 Å². The van der Waals surface area contributed by atoms with Crippen LogP contribution in [0.15, 0.2) is 18.2 Å². The first-order valence-corrected chi connectivity index (χ1v) is 6.66. The molecule has 19 heavy (non-hydrogen) atoms. The van der Waals surface area contributed by atoms with Crippen LogP contribution in [0.25, 0.3) is 0 Å². The number of benzene rings is 1. The largest absolute Gasteiger partial charge is 0.490 e. The van der Waals surface area contributed by atoms with Crippen molar-refractivity contribution in [2.45, 2.75) is 39.3 Å². The Morgan fingerprint density at radius 3 is 2.53 bits per heavy atom. The van der Waals surface area contributed by atoms with Gasteiger partial charge < -0.3 is 19.9 Å². The number of hydrogen-bond donors (Lipinski definition) is 1. The molecule has 0 unspecified atom stereocenters. The molecule has 0 aromatic heterocycles. The normalized spacial score (nSPS) is 11.4. The van der Waals surface area contributed by atoms with Crippen molar-refractivity contribution in [3.8, 4) is 11.5 Å². The molecule has 2 N–H and O–H groups in total. The molecule has 0 aliphatic carbocycles. The fourth-order valence-electron chi connectivity index (χ4n) is 1.66. The third kappa shape index (κ3) is 4.73. The molecule has 4 nitrogen and oxygen atoms in total. The molecule has 108 valence electrons. The Bertz CT molecular complexity index is 391. The van der Waals surface area contributed by atoms with Crippen LogP contribution in [-0.2, 0) is 11.3 Å². The minimum Gasteiger partial charge on any atom is -0.490 e. The molecular weight excluding hydrogens is 242 g/mol. The van der Waals surface area contributed by atoms with E-state index in [9.17, 15) is 0 Å². The topological polar surface area (TPSA) is 53.7 Å². The van der Waals surface area contributed by atoms with Crippen LogP contribution in [0.5, 0.6) is 11.5 Å². The second-order valence-electron chi connectivity index (χ2n) is 4.94. The average molecular weight is 267 g/mol. The molecule has 0 bridgehead atoms. The van der Waals surface area contributed by atoms with Gasteiger partial charge in [-0.05, 0) is 26.8 Å². The zero-order chi connectivity index (χ0) is 14.3. The predicted molar refractivity (Wildman–Crippen MR) is 76.7 cm³/mol. The molecule has 4 heteroatoms. The van der Waals surface area contributed by atoms with Crippen LogP contribution < -0.4 is 15.2 Å². The highest BCUT2D eigenvalue weighted by Gasteiger charge is 2.17. The van der Waals surface area contributed by atoms with Crippen molar-refractivity contribution in [3.05, 3.63) is 23.8 Å². The molecule has 0 saturated carbocycles. The first kappa shape index (κ1) is 15.8. The number of para-hydroxylation sites is 1. The SMILES string of the molecule is CCOc1cccc(CN)c1OCCC(C)(C)OC. The average Bonchev–Trinajstić information content (AvgIpc) is 2.40. The van der Waals surface area contributed by atoms with E-state index in [4.69, 9.17) is 19.9 Å². The lowest BCUT2D eigenvalue weighted by atomic mass is 10.1. The zero-order valence-electron chi connectivity index (χ0n) is 12.4. The van der Waals surface area contributed by atoms with Gasteiger partial charge in [-0.1, -0.05) is 12.1 Å². The minimum absolute atomic E-state index is 0.191. The Morgan fingerprint density at radius 1 is 1.21 bits per heavy atom. The molecule has 0 fully saturated rings. The van der Waals surface area contributed by atoms with Gasteiger partial charge in [0, 0.05) is 25.6 Å². The van der Waals surface area contributed by atoms with Crippen molar-refractivity contribution in [1.29, 1.82) is 0 Å². The third-order valence-corrected chi connectivity index (χ3v) is 3.08. The van der Waals surface area contributed by atoms with E-state index in [1.165, 1.54) is 0 Å².